The molecule has 1 aliphatic carbocycles. The maximum absolute atomic E-state index is 12.5. The molecule has 0 amide bonds. The van der Waals surface area contributed by atoms with Gasteiger partial charge >= 0.3 is 12.1 Å². The van der Waals surface area contributed by atoms with Crippen molar-refractivity contribution in [1.82, 2.24) is 9.78 Å². The molecule has 1 aromatic heterocycles. The Morgan fingerprint density at radius 2 is 2.10 bits per heavy atom. The summed E-state index contributed by atoms with van der Waals surface area (Å²) in [5.74, 6) is -0.493. The third kappa shape index (κ3) is 2.98. The molecule has 106 valence electrons. The summed E-state index contributed by atoms with van der Waals surface area (Å²) in [7, 11) is 1.26. The second-order valence-corrected chi connectivity index (χ2v) is 4.02. The molecule has 0 N–H and O–H groups in total. The van der Waals surface area contributed by atoms with Crippen molar-refractivity contribution < 1.29 is 22.7 Å². The number of halogens is 3. The Labute approximate surface area is 112 Å². The maximum Gasteiger partial charge on any atom is 0.419 e. The van der Waals surface area contributed by atoms with Gasteiger partial charge in [0.1, 0.15) is 0 Å². The lowest BCUT2D eigenvalue weighted by Crippen LogP contribution is -2.03. The van der Waals surface area contributed by atoms with E-state index in [-0.39, 0.29) is 0 Å². The molecule has 4 nitrogen and oxygen atoms in total. The van der Waals surface area contributed by atoms with Crippen LogP contribution in [-0.4, -0.2) is 22.9 Å². The van der Waals surface area contributed by atoms with Crippen molar-refractivity contribution >= 4 is 11.7 Å². The molecule has 0 bridgehead atoms. The number of rotatable bonds is 2. The molecule has 20 heavy (non-hydrogen) atoms. The molecule has 1 aliphatic rings. The van der Waals surface area contributed by atoms with Gasteiger partial charge < -0.3 is 4.74 Å². The largest absolute Gasteiger partial charge is 0.465 e. The zero-order valence-corrected chi connectivity index (χ0v) is 10.5. The molecular weight excluding hydrogens is 273 g/mol. The minimum Gasteiger partial charge on any atom is -0.465 e. The van der Waals surface area contributed by atoms with Crippen LogP contribution in [0, 0.1) is 0 Å². The van der Waals surface area contributed by atoms with Gasteiger partial charge in [-0.05, 0) is 18.6 Å². The van der Waals surface area contributed by atoms with E-state index in [1.54, 1.807) is 12.2 Å². The first-order valence-electron chi connectivity index (χ1n) is 5.71. The van der Waals surface area contributed by atoms with E-state index in [0.717, 1.165) is 17.1 Å². The molecule has 1 aromatic rings. The molecule has 0 aliphatic heterocycles. The van der Waals surface area contributed by atoms with E-state index in [0.29, 0.717) is 17.7 Å². The molecule has 1 heterocycles. The summed E-state index contributed by atoms with van der Waals surface area (Å²) >= 11 is 0. The Morgan fingerprint density at radius 1 is 1.35 bits per heavy atom. The van der Waals surface area contributed by atoms with Crippen LogP contribution in [0.4, 0.5) is 13.2 Å². The van der Waals surface area contributed by atoms with Crippen LogP contribution in [0.5, 0.6) is 0 Å². The average Bonchev–Trinajstić information content (AvgIpc) is 2.77. The van der Waals surface area contributed by atoms with Gasteiger partial charge in [-0.1, -0.05) is 12.2 Å². The number of aromatic nitrogens is 2. The fourth-order valence-electron chi connectivity index (χ4n) is 1.67. The number of ether oxygens (including phenoxy) is 1. The van der Waals surface area contributed by atoms with Crippen LogP contribution in [0.15, 0.2) is 42.3 Å². The normalized spacial score (nSPS) is 15.4. The van der Waals surface area contributed by atoms with Gasteiger partial charge in [0.05, 0.1) is 30.1 Å². The Kier molecular flexibility index (Phi) is 3.78. The highest BCUT2D eigenvalue weighted by molar-refractivity contribution is 5.92. The number of hydrogen-bond acceptors (Lipinski definition) is 3. The third-order valence-electron chi connectivity index (χ3n) is 2.69. The zero-order valence-electron chi connectivity index (χ0n) is 10.5. The van der Waals surface area contributed by atoms with Crippen LogP contribution >= 0.6 is 0 Å². The number of carbonyl (C=O) groups excluding carboxylic acids is 1. The molecule has 7 heteroatoms. The van der Waals surface area contributed by atoms with Crippen molar-refractivity contribution in [2.24, 2.45) is 0 Å². The van der Waals surface area contributed by atoms with Gasteiger partial charge in [0, 0.05) is 6.20 Å². The van der Waals surface area contributed by atoms with Crippen LogP contribution in [0.2, 0.25) is 0 Å². The van der Waals surface area contributed by atoms with Crippen molar-refractivity contribution in [2.45, 2.75) is 12.6 Å². The molecule has 2 rings (SSSR count). The Hall–Kier alpha value is -2.31. The topological polar surface area (TPSA) is 44.1 Å². The standard InChI is InChI=1S/C13H11F3N2O2/c1-20-12(19)9-3-2-4-11(6-5-9)18-8-10(7-17-18)13(14,15)16/h3-8H,2H2,1H3. The maximum atomic E-state index is 12.5. The van der Waals surface area contributed by atoms with Crippen molar-refractivity contribution in [1.29, 1.82) is 0 Å². The molecule has 0 saturated heterocycles. The van der Waals surface area contributed by atoms with E-state index in [4.69, 9.17) is 0 Å². The van der Waals surface area contributed by atoms with Crippen LogP contribution in [0.25, 0.3) is 5.70 Å². The van der Waals surface area contributed by atoms with Crippen LogP contribution in [0.3, 0.4) is 0 Å². The number of methoxy groups -OCH3 is 1. The smallest absolute Gasteiger partial charge is 0.419 e. The second-order valence-electron chi connectivity index (χ2n) is 4.02. The summed E-state index contributed by atoms with van der Waals surface area (Å²) < 4.78 is 43.2. The number of hydrogen-bond donors (Lipinski definition) is 0. The van der Waals surface area contributed by atoms with Crippen LogP contribution in [0.1, 0.15) is 12.0 Å². The third-order valence-corrected chi connectivity index (χ3v) is 2.69. The summed E-state index contributed by atoms with van der Waals surface area (Å²) in [4.78, 5) is 11.4. The minimum atomic E-state index is -4.43. The first-order valence-corrected chi connectivity index (χ1v) is 5.71. The fourth-order valence-corrected chi connectivity index (χ4v) is 1.67. The lowest BCUT2D eigenvalue weighted by atomic mass is 10.2. The molecule has 0 aromatic carbocycles. The van der Waals surface area contributed by atoms with Gasteiger partial charge in [0.15, 0.2) is 0 Å². The summed E-state index contributed by atoms with van der Waals surface area (Å²) in [5, 5.41) is 3.68. The number of nitrogens with zero attached hydrogens (tertiary/aromatic N) is 2. The number of esters is 1. The van der Waals surface area contributed by atoms with Gasteiger partial charge in [-0.15, -0.1) is 0 Å². The lowest BCUT2D eigenvalue weighted by Gasteiger charge is -2.02. The number of alkyl halides is 3. The Balaban J connectivity index is 2.22. The Bertz CT molecular complexity index is 609. The number of carbonyl (C=O) groups is 1. The number of allylic oxidation sites excluding steroid dienone is 4. The first kappa shape index (κ1) is 14.1. The molecular formula is C13H11F3N2O2. The molecule has 0 unspecified atom stereocenters. The summed E-state index contributed by atoms with van der Waals surface area (Å²) in [6.07, 6.45) is 3.93. The lowest BCUT2D eigenvalue weighted by molar-refractivity contribution is -0.137. The van der Waals surface area contributed by atoms with E-state index < -0.39 is 17.7 Å². The summed E-state index contributed by atoms with van der Waals surface area (Å²) in [6.45, 7) is 0. The van der Waals surface area contributed by atoms with Gasteiger partial charge in [-0.3, -0.25) is 0 Å². The SMILES string of the molecule is COC(=O)C1=CCC=C(n2cc(C(F)(F)F)cn2)C=C1. The van der Waals surface area contributed by atoms with Crippen molar-refractivity contribution in [3.63, 3.8) is 0 Å². The van der Waals surface area contributed by atoms with Crippen molar-refractivity contribution in [3.05, 3.63) is 47.8 Å². The minimum absolute atomic E-state index is 0.349. The van der Waals surface area contributed by atoms with Crippen molar-refractivity contribution in [3.8, 4) is 0 Å². The van der Waals surface area contributed by atoms with Crippen LogP contribution < -0.4 is 0 Å². The van der Waals surface area contributed by atoms with Gasteiger partial charge in [0.25, 0.3) is 0 Å². The van der Waals surface area contributed by atoms with Gasteiger partial charge in [-0.25, -0.2) is 9.48 Å². The summed E-state index contributed by atoms with van der Waals surface area (Å²) in [5.41, 5.74) is -0.0187. The predicted molar refractivity (Wildman–Crippen MR) is 65.4 cm³/mol. The van der Waals surface area contributed by atoms with Crippen LogP contribution in [-0.2, 0) is 15.7 Å². The molecule has 0 fully saturated rings. The zero-order chi connectivity index (χ0) is 14.8. The highest BCUT2D eigenvalue weighted by Gasteiger charge is 2.32. The molecule has 0 saturated carbocycles. The van der Waals surface area contributed by atoms with E-state index in [1.165, 1.54) is 19.3 Å². The highest BCUT2D eigenvalue weighted by Crippen LogP contribution is 2.29. The highest BCUT2D eigenvalue weighted by atomic mass is 19.4. The quantitative estimate of drug-likeness (QED) is 0.784. The molecule has 0 atom stereocenters. The second kappa shape index (κ2) is 5.36. The van der Waals surface area contributed by atoms with Gasteiger partial charge in [-0.2, -0.15) is 18.3 Å². The first-order chi connectivity index (χ1) is 9.41. The molecule has 0 radical (unpaired) electrons. The van der Waals surface area contributed by atoms with E-state index >= 15 is 0 Å². The van der Waals surface area contributed by atoms with Gasteiger partial charge in [0.2, 0.25) is 0 Å². The van der Waals surface area contributed by atoms with E-state index in [2.05, 4.69) is 9.84 Å². The molecule has 0 spiro atoms. The van der Waals surface area contributed by atoms with Crippen molar-refractivity contribution in [2.75, 3.05) is 7.11 Å². The fraction of sp³-hybridized carbons (Fsp3) is 0.231. The van der Waals surface area contributed by atoms with E-state index in [1.807, 2.05) is 0 Å². The predicted octanol–water partition coefficient (Wildman–Crippen LogP) is 2.80. The summed E-state index contributed by atoms with van der Waals surface area (Å²) in [6, 6.07) is 0. The van der Waals surface area contributed by atoms with E-state index in [9.17, 15) is 18.0 Å². The monoisotopic (exact) mass is 284 g/mol. The average molecular weight is 284 g/mol. The Morgan fingerprint density at radius 3 is 2.70 bits per heavy atom.